The molecule has 1 saturated heterocycles. The van der Waals surface area contributed by atoms with Gasteiger partial charge in [-0.2, -0.15) is 0 Å². The summed E-state index contributed by atoms with van der Waals surface area (Å²) >= 11 is 3.42. The van der Waals surface area contributed by atoms with Crippen LogP contribution in [0.5, 0.6) is 0 Å². The molecule has 3 nitrogen and oxygen atoms in total. The second-order valence-corrected chi connectivity index (χ2v) is 7.62. The zero-order valence-electron chi connectivity index (χ0n) is 15.4. The van der Waals surface area contributed by atoms with Gasteiger partial charge in [0, 0.05) is 50.2 Å². The molecule has 0 radical (unpaired) electrons. The second kappa shape index (κ2) is 11.4. The Morgan fingerprint density at radius 3 is 2.22 bits per heavy atom. The van der Waals surface area contributed by atoms with Crippen molar-refractivity contribution in [3.8, 4) is 0 Å². The molecule has 2 aromatic rings. The predicted octanol–water partition coefficient (Wildman–Crippen LogP) is 4.66. The largest absolute Gasteiger partial charge is 0.300 e. The molecule has 0 bridgehead atoms. The Hall–Kier alpha value is -1.46. The third-order valence-corrected chi connectivity index (χ3v) is 5.25. The van der Waals surface area contributed by atoms with Gasteiger partial charge in [-0.05, 0) is 29.3 Å². The minimum absolute atomic E-state index is 0. The lowest BCUT2D eigenvalue weighted by Crippen LogP contribution is -2.46. The molecule has 3 rings (SSSR count). The zero-order valence-corrected chi connectivity index (χ0v) is 17.8. The van der Waals surface area contributed by atoms with Crippen LogP contribution in [0.2, 0.25) is 0 Å². The van der Waals surface area contributed by atoms with Crippen LogP contribution in [0.4, 0.5) is 0 Å². The Morgan fingerprint density at radius 1 is 0.926 bits per heavy atom. The fourth-order valence-electron chi connectivity index (χ4n) is 3.13. The Morgan fingerprint density at radius 2 is 1.56 bits per heavy atom. The van der Waals surface area contributed by atoms with Crippen LogP contribution in [0.15, 0.2) is 65.1 Å². The van der Waals surface area contributed by atoms with E-state index in [9.17, 15) is 4.79 Å². The smallest absolute Gasteiger partial charge is 0.156 e. The molecule has 1 aliphatic heterocycles. The molecule has 0 atom stereocenters. The van der Waals surface area contributed by atoms with Crippen LogP contribution in [0.25, 0.3) is 6.08 Å². The van der Waals surface area contributed by atoms with Crippen molar-refractivity contribution in [1.82, 2.24) is 9.80 Å². The van der Waals surface area contributed by atoms with E-state index in [1.807, 2.05) is 30.3 Å². The van der Waals surface area contributed by atoms with E-state index < -0.39 is 0 Å². The molecular weight excluding hydrogens is 424 g/mol. The van der Waals surface area contributed by atoms with Crippen molar-refractivity contribution in [3.63, 3.8) is 0 Å². The van der Waals surface area contributed by atoms with Crippen molar-refractivity contribution >= 4 is 40.2 Å². The summed E-state index contributed by atoms with van der Waals surface area (Å²) in [5.74, 6) is 0.194. The van der Waals surface area contributed by atoms with Gasteiger partial charge in [-0.1, -0.05) is 64.5 Å². The van der Waals surface area contributed by atoms with Gasteiger partial charge in [-0.15, -0.1) is 12.4 Å². The topological polar surface area (TPSA) is 23.6 Å². The predicted molar refractivity (Wildman–Crippen MR) is 118 cm³/mol. The normalized spacial score (nSPS) is 15.6. The summed E-state index contributed by atoms with van der Waals surface area (Å²) in [5, 5.41) is 0. The average Bonchev–Trinajstić information content (AvgIpc) is 2.68. The van der Waals surface area contributed by atoms with E-state index in [1.165, 1.54) is 5.56 Å². The fraction of sp³-hybridized carbons (Fsp3) is 0.318. The molecule has 0 amide bonds. The minimum atomic E-state index is 0. The number of carbonyl (C=O) groups is 1. The van der Waals surface area contributed by atoms with Crippen LogP contribution < -0.4 is 0 Å². The highest BCUT2D eigenvalue weighted by Gasteiger charge is 2.17. The molecule has 5 heteroatoms. The summed E-state index contributed by atoms with van der Waals surface area (Å²) < 4.78 is 1.05. The monoisotopic (exact) mass is 448 g/mol. The fourth-order valence-corrected chi connectivity index (χ4v) is 3.39. The summed E-state index contributed by atoms with van der Waals surface area (Å²) in [4.78, 5) is 17.0. The SMILES string of the molecule is Cl.O=C(C=Cc1ccc(Br)cc1)CCN1CCN(Cc2ccccc2)CC1. The van der Waals surface area contributed by atoms with Crippen molar-refractivity contribution in [2.45, 2.75) is 13.0 Å². The summed E-state index contributed by atoms with van der Waals surface area (Å²) in [6, 6.07) is 18.6. The number of hydrogen-bond donors (Lipinski definition) is 0. The third kappa shape index (κ3) is 7.59. The van der Waals surface area contributed by atoms with Gasteiger partial charge in [0.05, 0.1) is 0 Å². The number of piperazine rings is 1. The van der Waals surface area contributed by atoms with Gasteiger partial charge in [0.15, 0.2) is 5.78 Å². The van der Waals surface area contributed by atoms with Crippen molar-refractivity contribution < 1.29 is 4.79 Å². The Balaban J connectivity index is 0.00000261. The van der Waals surface area contributed by atoms with Gasteiger partial charge >= 0.3 is 0 Å². The molecule has 0 unspecified atom stereocenters. The summed E-state index contributed by atoms with van der Waals surface area (Å²) in [6.07, 6.45) is 4.19. The highest BCUT2D eigenvalue weighted by molar-refractivity contribution is 9.10. The zero-order chi connectivity index (χ0) is 18.2. The van der Waals surface area contributed by atoms with E-state index in [2.05, 4.69) is 56.1 Å². The van der Waals surface area contributed by atoms with Crippen LogP contribution in [-0.4, -0.2) is 48.3 Å². The third-order valence-electron chi connectivity index (χ3n) is 4.72. The lowest BCUT2D eigenvalue weighted by atomic mass is 10.1. The van der Waals surface area contributed by atoms with Gasteiger partial charge in [0.1, 0.15) is 0 Å². The molecule has 0 saturated carbocycles. The summed E-state index contributed by atoms with van der Waals surface area (Å²) in [5.41, 5.74) is 2.42. The molecule has 0 spiro atoms. The van der Waals surface area contributed by atoms with Crippen LogP contribution in [0.1, 0.15) is 17.5 Å². The molecule has 27 heavy (non-hydrogen) atoms. The number of allylic oxidation sites excluding steroid dienone is 1. The van der Waals surface area contributed by atoms with E-state index in [4.69, 9.17) is 0 Å². The lowest BCUT2D eigenvalue weighted by Gasteiger charge is -2.34. The van der Waals surface area contributed by atoms with Crippen LogP contribution in [0, 0.1) is 0 Å². The highest BCUT2D eigenvalue weighted by Crippen LogP contribution is 2.12. The molecule has 1 heterocycles. The first-order valence-electron chi connectivity index (χ1n) is 9.14. The van der Waals surface area contributed by atoms with Gasteiger partial charge in [-0.3, -0.25) is 9.69 Å². The van der Waals surface area contributed by atoms with E-state index >= 15 is 0 Å². The van der Waals surface area contributed by atoms with Crippen LogP contribution in [0.3, 0.4) is 0 Å². The first-order valence-corrected chi connectivity index (χ1v) is 9.93. The number of rotatable bonds is 7. The molecule has 0 aromatic heterocycles. The first kappa shape index (κ1) is 21.8. The number of nitrogens with zero attached hydrogens (tertiary/aromatic N) is 2. The maximum absolute atomic E-state index is 12.1. The van der Waals surface area contributed by atoms with Crippen LogP contribution in [-0.2, 0) is 11.3 Å². The first-order chi connectivity index (χ1) is 12.7. The van der Waals surface area contributed by atoms with Crippen molar-refractivity contribution in [3.05, 3.63) is 76.3 Å². The van der Waals surface area contributed by atoms with Crippen molar-refractivity contribution in [2.75, 3.05) is 32.7 Å². The Kier molecular flexibility index (Phi) is 9.22. The number of hydrogen-bond acceptors (Lipinski definition) is 3. The quantitative estimate of drug-likeness (QED) is 0.574. The average molecular weight is 450 g/mol. The highest BCUT2D eigenvalue weighted by atomic mass is 79.9. The maximum atomic E-state index is 12.1. The number of ketones is 1. The Bertz CT molecular complexity index is 726. The maximum Gasteiger partial charge on any atom is 0.156 e. The van der Waals surface area contributed by atoms with E-state index in [0.29, 0.717) is 6.42 Å². The lowest BCUT2D eigenvalue weighted by molar-refractivity contribution is -0.114. The molecule has 144 valence electrons. The van der Waals surface area contributed by atoms with E-state index in [1.54, 1.807) is 6.08 Å². The van der Waals surface area contributed by atoms with Crippen molar-refractivity contribution in [1.29, 1.82) is 0 Å². The summed E-state index contributed by atoms with van der Waals surface area (Å²) in [6.45, 7) is 6.08. The van der Waals surface area contributed by atoms with E-state index in [0.717, 1.165) is 49.3 Å². The number of benzene rings is 2. The van der Waals surface area contributed by atoms with Gasteiger partial charge < -0.3 is 4.90 Å². The van der Waals surface area contributed by atoms with Gasteiger partial charge in [-0.25, -0.2) is 0 Å². The molecule has 0 N–H and O–H groups in total. The molecule has 1 aliphatic rings. The van der Waals surface area contributed by atoms with Gasteiger partial charge in [0.25, 0.3) is 0 Å². The molecular formula is C22H26BrClN2O. The second-order valence-electron chi connectivity index (χ2n) is 6.70. The summed E-state index contributed by atoms with van der Waals surface area (Å²) in [7, 11) is 0. The minimum Gasteiger partial charge on any atom is -0.300 e. The Labute approximate surface area is 176 Å². The molecule has 2 aromatic carbocycles. The van der Waals surface area contributed by atoms with Gasteiger partial charge in [0.2, 0.25) is 0 Å². The standard InChI is InChI=1S/C22H25BrN2O.ClH/c23-21-9-6-19(7-10-21)8-11-22(26)12-13-24-14-16-25(17-15-24)18-20-4-2-1-3-5-20;/h1-11H,12-18H2;1H. The van der Waals surface area contributed by atoms with Crippen LogP contribution >= 0.6 is 28.3 Å². The number of carbonyl (C=O) groups excluding carboxylic acids is 1. The molecule has 1 fully saturated rings. The number of halogens is 2. The van der Waals surface area contributed by atoms with E-state index in [-0.39, 0.29) is 18.2 Å². The van der Waals surface area contributed by atoms with Crippen molar-refractivity contribution in [2.24, 2.45) is 0 Å². The molecule has 0 aliphatic carbocycles.